The van der Waals surface area contributed by atoms with E-state index in [4.69, 9.17) is 0 Å². The Hall–Kier alpha value is -1.34. The smallest absolute Gasteiger partial charge is 0.0626 e. The molecule has 0 aromatic heterocycles. The van der Waals surface area contributed by atoms with Crippen molar-refractivity contribution < 1.29 is 0 Å². The van der Waals surface area contributed by atoms with Gasteiger partial charge in [-0.25, -0.2) is 0 Å². The number of hydrogen-bond donors (Lipinski definition) is 0. The average Bonchev–Trinajstić information content (AvgIpc) is 2.30. The molecule has 0 heterocycles. The molecule has 0 atom stereocenters. The number of rotatable bonds is 2. The molecule has 0 bridgehead atoms. The fraction of sp³-hybridized carbons (Fsp3) is 0.200. The van der Waals surface area contributed by atoms with E-state index in [9.17, 15) is 0 Å². The van der Waals surface area contributed by atoms with Gasteiger partial charge in [0.05, 0.1) is 0 Å². The molecule has 82 valence electrons. The van der Waals surface area contributed by atoms with E-state index in [1.165, 1.54) is 15.9 Å². The highest BCUT2D eigenvalue weighted by molar-refractivity contribution is 7.00. The zero-order valence-electron chi connectivity index (χ0n) is 10.2. The summed E-state index contributed by atoms with van der Waals surface area (Å²) in [5, 5.41) is 3.01. The first kappa shape index (κ1) is 11.2. The van der Waals surface area contributed by atoms with Gasteiger partial charge in [0, 0.05) is 0 Å². The van der Waals surface area contributed by atoms with Gasteiger partial charge in [-0.3, -0.25) is 0 Å². The Bertz CT molecular complexity index is 472. The summed E-state index contributed by atoms with van der Waals surface area (Å²) in [6, 6.07) is 19.8. The molecule has 2 aromatic rings. The van der Waals surface area contributed by atoms with Crippen LogP contribution in [0.3, 0.4) is 0 Å². The van der Waals surface area contributed by atoms with Crippen LogP contribution in [0.4, 0.5) is 0 Å². The SMILES string of the molecule is Cc1cccc([Si](C)(C)c2ccccc2)c1. The predicted octanol–water partition coefficient (Wildman–Crippen LogP) is 2.82. The first-order chi connectivity index (χ1) is 7.60. The summed E-state index contributed by atoms with van der Waals surface area (Å²) >= 11 is 0. The van der Waals surface area contributed by atoms with Crippen molar-refractivity contribution in [2.45, 2.75) is 20.0 Å². The quantitative estimate of drug-likeness (QED) is 0.691. The summed E-state index contributed by atoms with van der Waals surface area (Å²) in [5.41, 5.74) is 1.36. The lowest BCUT2D eigenvalue weighted by Crippen LogP contribution is -2.52. The molecule has 0 saturated carbocycles. The minimum absolute atomic E-state index is 1.36. The van der Waals surface area contributed by atoms with Gasteiger partial charge in [-0.2, -0.15) is 0 Å². The van der Waals surface area contributed by atoms with E-state index in [2.05, 4.69) is 74.6 Å². The Labute approximate surface area is 99.0 Å². The van der Waals surface area contributed by atoms with Crippen LogP contribution in [0.1, 0.15) is 5.56 Å². The Balaban J connectivity index is 2.47. The van der Waals surface area contributed by atoms with E-state index < -0.39 is 8.07 Å². The van der Waals surface area contributed by atoms with Crippen molar-refractivity contribution in [2.75, 3.05) is 0 Å². The second-order valence-electron chi connectivity index (χ2n) is 4.86. The van der Waals surface area contributed by atoms with Crippen molar-refractivity contribution >= 4 is 18.4 Å². The molecule has 0 unspecified atom stereocenters. The molecule has 0 aliphatic rings. The predicted molar refractivity (Wildman–Crippen MR) is 74.4 cm³/mol. The van der Waals surface area contributed by atoms with Crippen molar-refractivity contribution in [3.05, 3.63) is 60.2 Å². The van der Waals surface area contributed by atoms with Crippen LogP contribution < -0.4 is 10.4 Å². The maximum Gasteiger partial charge on any atom is 0.112 e. The van der Waals surface area contributed by atoms with E-state index in [0.29, 0.717) is 0 Å². The Morgan fingerprint density at radius 1 is 0.750 bits per heavy atom. The van der Waals surface area contributed by atoms with Crippen molar-refractivity contribution in [3.8, 4) is 0 Å². The maximum atomic E-state index is 2.41. The van der Waals surface area contributed by atoms with Gasteiger partial charge in [0.25, 0.3) is 0 Å². The van der Waals surface area contributed by atoms with Crippen molar-refractivity contribution in [2.24, 2.45) is 0 Å². The highest BCUT2D eigenvalue weighted by Crippen LogP contribution is 2.06. The van der Waals surface area contributed by atoms with E-state index in [0.717, 1.165) is 0 Å². The highest BCUT2D eigenvalue weighted by atomic mass is 28.3. The van der Waals surface area contributed by atoms with E-state index in [1.54, 1.807) is 0 Å². The van der Waals surface area contributed by atoms with Gasteiger partial charge in [0.2, 0.25) is 0 Å². The Morgan fingerprint density at radius 2 is 1.38 bits per heavy atom. The Morgan fingerprint density at radius 3 is 2.00 bits per heavy atom. The van der Waals surface area contributed by atoms with Gasteiger partial charge in [-0.15, -0.1) is 0 Å². The van der Waals surface area contributed by atoms with Gasteiger partial charge in [0.1, 0.15) is 8.07 Å². The molecule has 0 aliphatic heterocycles. The molecule has 0 N–H and O–H groups in total. The third kappa shape index (κ3) is 2.09. The summed E-state index contributed by atoms with van der Waals surface area (Å²) in [6.45, 7) is 6.99. The first-order valence-corrected chi connectivity index (χ1v) is 8.73. The molecular weight excluding hydrogens is 208 g/mol. The average molecular weight is 226 g/mol. The van der Waals surface area contributed by atoms with E-state index in [1.807, 2.05) is 0 Å². The lowest BCUT2D eigenvalue weighted by molar-refractivity contribution is 1.48. The molecule has 0 radical (unpaired) electrons. The molecule has 0 fully saturated rings. The monoisotopic (exact) mass is 226 g/mol. The fourth-order valence-corrected chi connectivity index (χ4v) is 4.52. The molecule has 0 saturated heterocycles. The second-order valence-corrected chi connectivity index (χ2v) is 9.27. The molecule has 0 amide bonds. The van der Waals surface area contributed by atoms with Crippen LogP contribution in [-0.2, 0) is 0 Å². The molecule has 0 spiro atoms. The Kier molecular flexibility index (Phi) is 2.97. The largest absolute Gasteiger partial charge is 0.112 e. The topological polar surface area (TPSA) is 0 Å². The standard InChI is InChI=1S/C15H18Si/c1-13-8-7-11-15(12-13)16(2,3)14-9-5-4-6-10-14/h4-12H,1-3H3. The third-order valence-corrected chi connectivity index (χ3v) is 6.77. The molecule has 0 aliphatic carbocycles. The van der Waals surface area contributed by atoms with E-state index in [-0.39, 0.29) is 0 Å². The minimum Gasteiger partial charge on any atom is -0.0626 e. The van der Waals surface area contributed by atoms with Gasteiger partial charge < -0.3 is 0 Å². The zero-order valence-corrected chi connectivity index (χ0v) is 11.2. The minimum atomic E-state index is -1.49. The summed E-state index contributed by atoms with van der Waals surface area (Å²) < 4.78 is 0. The van der Waals surface area contributed by atoms with Gasteiger partial charge >= 0.3 is 0 Å². The van der Waals surface area contributed by atoms with Gasteiger partial charge in [0.15, 0.2) is 0 Å². The van der Waals surface area contributed by atoms with Crippen LogP contribution in [0.25, 0.3) is 0 Å². The van der Waals surface area contributed by atoms with Crippen molar-refractivity contribution in [1.82, 2.24) is 0 Å². The molecule has 2 rings (SSSR count). The molecule has 1 heteroatoms. The highest BCUT2D eigenvalue weighted by Gasteiger charge is 2.25. The van der Waals surface area contributed by atoms with Crippen LogP contribution >= 0.6 is 0 Å². The van der Waals surface area contributed by atoms with Crippen LogP contribution in [0.15, 0.2) is 54.6 Å². The number of benzene rings is 2. The summed E-state index contributed by atoms with van der Waals surface area (Å²) in [7, 11) is -1.49. The van der Waals surface area contributed by atoms with Crippen LogP contribution in [0.2, 0.25) is 13.1 Å². The first-order valence-electron chi connectivity index (χ1n) is 5.73. The molecule has 16 heavy (non-hydrogen) atoms. The maximum absolute atomic E-state index is 2.41. The normalized spacial score (nSPS) is 11.4. The fourth-order valence-electron chi connectivity index (χ4n) is 2.06. The summed E-state index contributed by atoms with van der Waals surface area (Å²) in [5.74, 6) is 0. The van der Waals surface area contributed by atoms with Gasteiger partial charge in [-0.05, 0) is 6.92 Å². The zero-order chi connectivity index (χ0) is 11.6. The summed E-state index contributed by atoms with van der Waals surface area (Å²) in [6.07, 6.45) is 0. The lowest BCUT2D eigenvalue weighted by Gasteiger charge is -2.24. The van der Waals surface area contributed by atoms with Gasteiger partial charge in [-0.1, -0.05) is 83.6 Å². The molecule has 2 aromatic carbocycles. The van der Waals surface area contributed by atoms with Crippen LogP contribution in [0, 0.1) is 6.92 Å². The van der Waals surface area contributed by atoms with E-state index >= 15 is 0 Å². The summed E-state index contributed by atoms with van der Waals surface area (Å²) in [4.78, 5) is 0. The third-order valence-electron chi connectivity index (χ3n) is 3.24. The number of aryl methyl sites for hydroxylation is 1. The van der Waals surface area contributed by atoms with Crippen molar-refractivity contribution in [1.29, 1.82) is 0 Å². The van der Waals surface area contributed by atoms with Crippen molar-refractivity contribution in [3.63, 3.8) is 0 Å². The van der Waals surface area contributed by atoms with Crippen LogP contribution in [-0.4, -0.2) is 8.07 Å². The second kappa shape index (κ2) is 4.26. The van der Waals surface area contributed by atoms with Crippen LogP contribution in [0.5, 0.6) is 0 Å². The molecular formula is C15H18Si. The molecule has 0 nitrogen and oxygen atoms in total. The number of hydrogen-bond acceptors (Lipinski definition) is 0. The lowest BCUT2D eigenvalue weighted by atomic mass is 10.2.